The Morgan fingerprint density at radius 1 is 0.875 bits per heavy atom. The predicted molar refractivity (Wildman–Crippen MR) is 128 cm³/mol. The maximum absolute atomic E-state index is 12.8. The van der Waals surface area contributed by atoms with E-state index in [0.717, 1.165) is 22.2 Å². The minimum Gasteiger partial charge on any atom is -0.299 e. The molecule has 5 rings (SSSR count). The highest BCUT2D eigenvalue weighted by Crippen LogP contribution is 2.29. The molecule has 0 bridgehead atoms. The van der Waals surface area contributed by atoms with Gasteiger partial charge in [-0.05, 0) is 31.2 Å². The van der Waals surface area contributed by atoms with Gasteiger partial charge in [0.1, 0.15) is 5.82 Å². The third-order valence-electron chi connectivity index (χ3n) is 5.36. The highest BCUT2D eigenvalue weighted by Gasteiger charge is 2.17. The predicted octanol–water partition coefficient (Wildman–Crippen LogP) is 4.78. The third-order valence-corrected chi connectivity index (χ3v) is 6.29. The van der Waals surface area contributed by atoms with Gasteiger partial charge < -0.3 is 0 Å². The molecule has 0 aliphatic heterocycles. The molecule has 0 saturated carbocycles. The van der Waals surface area contributed by atoms with Gasteiger partial charge in [-0.25, -0.2) is 4.98 Å². The van der Waals surface area contributed by atoms with Crippen molar-refractivity contribution in [3.63, 3.8) is 0 Å². The quantitative estimate of drug-likeness (QED) is 0.369. The second-order valence-electron chi connectivity index (χ2n) is 7.54. The molecule has 0 aliphatic rings. The summed E-state index contributed by atoms with van der Waals surface area (Å²) in [6.07, 6.45) is 0. The Kier molecular flexibility index (Phi) is 5.33. The number of nitrogens with zero attached hydrogens (tertiary/aromatic N) is 5. The summed E-state index contributed by atoms with van der Waals surface area (Å²) in [5.41, 5.74) is 3.82. The molecule has 3 aromatic carbocycles. The van der Waals surface area contributed by atoms with E-state index < -0.39 is 0 Å². The summed E-state index contributed by atoms with van der Waals surface area (Å²) in [4.78, 5) is 17.5. The zero-order chi connectivity index (χ0) is 22.1. The van der Waals surface area contributed by atoms with Crippen molar-refractivity contribution in [3.8, 4) is 17.1 Å². The maximum Gasteiger partial charge on any atom is 0.261 e. The fourth-order valence-electron chi connectivity index (χ4n) is 3.59. The molecule has 0 atom stereocenters. The van der Waals surface area contributed by atoms with Crippen LogP contribution in [0.4, 0.5) is 0 Å². The highest BCUT2D eigenvalue weighted by molar-refractivity contribution is 7.98. The molecule has 7 heteroatoms. The molecule has 0 radical (unpaired) electrons. The molecule has 0 N–H and O–H groups in total. The van der Waals surface area contributed by atoms with Crippen LogP contribution in [-0.2, 0) is 12.8 Å². The molecule has 0 saturated heterocycles. The number of hydrogen-bond donors (Lipinski definition) is 0. The van der Waals surface area contributed by atoms with E-state index in [-0.39, 0.29) is 5.56 Å². The number of hydrogen-bond acceptors (Lipinski definition) is 5. The van der Waals surface area contributed by atoms with Gasteiger partial charge in [0.2, 0.25) is 0 Å². The van der Waals surface area contributed by atoms with Crippen LogP contribution in [0.2, 0.25) is 0 Å². The Bertz CT molecular complexity index is 1460. The molecule has 2 heterocycles. The van der Waals surface area contributed by atoms with Crippen molar-refractivity contribution in [3.05, 3.63) is 101 Å². The molecule has 32 heavy (non-hydrogen) atoms. The van der Waals surface area contributed by atoms with Gasteiger partial charge in [0.25, 0.3) is 5.56 Å². The molecule has 0 aliphatic carbocycles. The van der Waals surface area contributed by atoms with Gasteiger partial charge in [-0.2, -0.15) is 0 Å². The summed E-state index contributed by atoms with van der Waals surface area (Å²) in [5.74, 6) is 1.96. The average molecular weight is 440 g/mol. The first-order valence-corrected chi connectivity index (χ1v) is 11.3. The standard InChI is InChI=1S/C25H21N5OS/c1-17-12-14-19(15-13-17)30-23(18-8-4-3-5-9-18)27-28-25(30)32-16-22-26-21-11-7-6-10-20(21)24(31)29(22)2/h3-15H,16H2,1-2H3. The Morgan fingerprint density at radius 3 is 2.38 bits per heavy atom. The Balaban J connectivity index is 1.55. The SMILES string of the molecule is Cc1ccc(-n2c(SCc3nc4ccccc4c(=O)n3C)nnc2-c2ccccc2)cc1. The van der Waals surface area contributed by atoms with Gasteiger partial charge in [0.05, 0.1) is 16.7 Å². The van der Waals surface area contributed by atoms with Crippen molar-refractivity contribution < 1.29 is 0 Å². The molecule has 0 fully saturated rings. The second kappa shape index (κ2) is 8.43. The Morgan fingerprint density at radius 2 is 1.59 bits per heavy atom. The number of aromatic nitrogens is 5. The van der Waals surface area contributed by atoms with Crippen molar-refractivity contribution in [1.29, 1.82) is 0 Å². The summed E-state index contributed by atoms with van der Waals surface area (Å²) < 4.78 is 3.67. The van der Waals surface area contributed by atoms with Crippen molar-refractivity contribution in [1.82, 2.24) is 24.3 Å². The van der Waals surface area contributed by atoms with E-state index in [1.54, 1.807) is 11.6 Å². The van der Waals surface area contributed by atoms with E-state index in [1.165, 1.54) is 17.3 Å². The van der Waals surface area contributed by atoms with Gasteiger partial charge in [0, 0.05) is 18.3 Å². The fourth-order valence-corrected chi connectivity index (χ4v) is 4.52. The lowest BCUT2D eigenvalue weighted by Crippen LogP contribution is -2.22. The van der Waals surface area contributed by atoms with Crippen LogP contribution in [0.25, 0.3) is 28.0 Å². The molecule has 158 valence electrons. The normalized spacial score (nSPS) is 11.2. The van der Waals surface area contributed by atoms with Gasteiger partial charge in [-0.15, -0.1) is 10.2 Å². The monoisotopic (exact) mass is 439 g/mol. The zero-order valence-electron chi connectivity index (χ0n) is 17.8. The Hall–Kier alpha value is -3.71. The minimum atomic E-state index is -0.0452. The molecule has 0 unspecified atom stereocenters. The molecule has 6 nitrogen and oxygen atoms in total. The smallest absolute Gasteiger partial charge is 0.261 e. The molecule has 0 amide bonds. The molecular formula is C25H21N5OS. The van der Waals surface area contributed by atoms with Crippen LogP contribution < -0.4 is 5.56 Å². The van der Waals surface area contributed by atoms with Crippen LogP contribution in [0.15, 0.2) is 88.8 Å². The van der Waals surface area contributed by atoms with Crippen molar-refractivity contribution in [2.24, 2.45) is 7.05 Å². The average Bonchev–Trinajstić information content (AvgIpc) is 3.25. The van der Waals surface area contributed by atoms with E-state index >= 15 is 0 Å². The second-order valence-corrected chi connectivity index (χ2v) is 8.48. The number of para-hydroxylation sites is 1. The van der Waals surface area contributed by atoms with Crippen LogP contribution >= 0.6 is 11.8 Å². The van der Waals surface area contributed by atoms with Crippen LogP contribution in [0.3, 0.4) is 0 Å². The molecule has 2 aromatic heterocycles. The summed E-state index contributed by atoms with van der Waals surface area (Å²) in [7, 11) is 1.76. The van der Waals surface area contributed by atoms with Crippen molar-refractivity contribution in [2.45, 2.75) is 17.8 Å². The molecule has 0 spiro atoms. The van der Waals surface area contributed by atoms with Crippen LogP contribution in [0, 0.1) is 6.92 Å². The lowest BCUT2D eigenvalue weighted by Gasteiger charge is -2.12. The summed E-state index contributed by atoms with van der Waals surface area (Å²) in [5, 5.41) is 10.3. The van der Waals surface area contributed by atoms with E-state index in [0.29, 0.717) is 22.5 Å². The van der Waals surface area contributed by atoms with Gasteiger partial charge in [0.15, 0.2) is 11.0 Å². The van der Waals surface area contributed by atoms with E-state index in [9.17, 15) is 4.79 Å². The van der Waals surface area contributed by atoms with Crippen LogP contribution in [0.1, 0.15) is 11.4 Å². The number of benzene rings is 3. The summed E-state index contributed by atoms with van der Waals surface area (Å²) >= 11 is 1.51. The lowest BCUT2D eigenvalue weighted by atomic mass is 10.2. The van der Waals surface area contributed by atoms with E-state index in [1.807, 2.05) is 54.6 Å². The number of fused-ring (bicyclic) bond motifs is 1. The number of aryl methyl sites for hydroxylation is 1. The van der Waals surface area contributed by atoms with Gasteiger partial charge >= 0.3 is 0 Å². The fraction of sp³-hybridized carbons (Fsp3) is 0.120. The summed E-state index contributed by atoms with van der Waals surface area (Å²) in [6.45, 7) is 2.07. The Labute approximate surface area is 189 Å². The maximum atomic E-state index is 12.8. The van der Waals surface area contributed by atoms with Crippen LogP contribution in [0.5, 0.6) is 0 Å². The van der Waals surface area contributed by atoms with Crippen molar-refractivity contribution in [2.75, 3.05) is 0 Å². The topological polar surface area (TPSA) is 65.6 Å². The van der Waals surface area contributed by atoms with Gasteiger partial charge in [-0.3, -0.25) is 13.9 Å². The van der Waals surface area contributed by atoms with Crippen molar-refractivity contribution >= 4 is 22.7 Å². The largest absolute Gasteiger partial charge is 0.299 e. The number of rotatable bonds is 5. The van der Waals surface area contributed by atoms with E-state index in [4.69, 9.17) is 4.98 Å². The first-order valence-electron chi connectivity index (χ1n) is 10.3. The lowest BCUT2D eigenvalue weighted by molar-refractivity contribution is 0.782. The number of thioether (sulfide) groups is 1. The zero-order valence-corrected chi connectivity index (χ0v) is 18.6. The first kappa shape index (κ1) is 20.2. The molecule has 5 aromatic rings. The van der Waals surface area contributed by atoms with Gasteiger partial charge in [-0.1, -0.05) is 71.9 Å². The van der Waals surface area contributed by atoms with E-state index in [2.05, 4.69) is 46.0 Å². The third kappa shape index (κ3) is 3.71. The first-order chi connectivity index (χ1) is 15.6. The minimum absolute atomic E-state index is 0.0452. The highest BCUT2D eigenvalue weighted by atomic mass is 32.2. The molecular weight excluding hydrogens is 418 g/mol. The summed E-state index contributed by atoms with van der Waals surface area (Å²) in [6, 6.07) is 25.7. The van der Waals surface area contributed by atoms with Crippen LogP contribution in [-0.4, -0.2) is 24.3 Å².